The molecule has 1 aromatic carbocycles. The third kappa shape index (κ3) is 4.44. The summed E-state index contributed by atoms with van der Waals surface area (Å²) in [4.78, 5) is 33.6. The zero-order valence-corrected chi connectivity index (χ0v) is 16.7. The van der Waals surface area contributed by atoms with Crippen molar-refractivity contribution in [3.8, 4) is 0 Å². The largest absolute Gasteiger partial charge is 0.382 e. The van der Waals surface area contributed by atoms with E-state index in [0.717, 1.165) is 17.5 Å². The van der Waals surface area contributed by atoms with E-state index in [4.69, 9.17) is 4.74 Å². The Morgan fingerprint density at radius 1 is 1.18 bits per heavy atom. The summed E-state index contributed by atoms with van der Waals surface area (Å²) in [6, 6.07) is 7.63. The Kier molecular flexibility index (Phi) is 6.86. The molecule has 1 fully saturated rings. The van der Waals surface area contributed by atoms with Gasteiger partial charge in [-0.3, -0.25) is 4.79 Å². The Balaban J connectivity index is 1.63. The molecular weight excluding hydrogens is 358 g/mol. The van der Waals surface area contributed by atoms with Crippen LogP contribution in [0.15, 0.2) is 29.1 Å². The SMILES string of the molecule is CCOCCCNC(=O)N1CCN(c2nc3ccccc3n(CC)c2=O)CC1. The van der Waals surface area contributed by atoms with Crippen molar-refractivity contribution in [1.82, 2.24) is 19.8 Å². The van der Waals surface area contributed by atoms with Gasteiger partial charge in [0.25, 0.3) is 5.56 Å². The molecule has 1 aliphatic heterocycles. The van der Waals surface area contributed by atoms with Gasteiger partial charge in [-0.2, -0.15) is 0 Å². The van der Waals surface area contributed by atoms with Crippen LogP contribution in [0.3, 0.4) is 0 Å². The van der Waals surface area contributed by atoms with E-state index >= 15 is 0 Å². The number of carbonyl (C=O) groups is 1. The van der Waals surface area contributed by atoms with Gasteiger partial charge in [0.05, 0.1) is 11.0 Å². The third-order valence-corrected chi connectivity index (χ3v) is 4.96. The van der Waals surface area contributed by atoms with Crippen LogP contribution in [0.5, 0.6) is 0 Å². The van der Waals surface area contributed by atoms with Crippen LogP contribution in [0.25, 0.3) is 11.0 Å². The molecule has 1 saturated heterocycles. The van der Waals surface area contributed by atoms with Crippen LogP contribution in [0.4, 0.5) is 10.6 Å². The van der Waals surface area contributed by atoms with E-state index in [-0.39, 0.29) is 11.6 Å². The first-order chi connectivity index (χ1) is 13.7. The van der Waals surface area contributed by atoms with E-state index in [2.05, 4.69) is 10.3 Å². The lowest BCUT2D eigenvalue weighted by Gasteiger charge is -2.35. The fraction of sp³-hybridized carbons (Fsp3) is 0.550. The maximum absolute atomic E-state index is 12.9. The standard InChI is InChI=1S/C20H29N5O3/c1-3-25-17-9-6-5-8-16(17)22-18(19(25)26)23-11-13-24(14-12-23)20(27)21-10-7-15-28-4-2/h5-6,8-9H,3-4,7,10-15H2,1-2H3,(H,21,27). The number of nitrogens with one attached hydrogen (secondary N) is 1. The predicted molar refractivity (Wildman–Crippen MR) is 110 cm³/mol. The Bertz CT molecular complexity index is 859. The van der Waals surface area contributed by atoms with Gasteiger partial charge >= 0.3 is 6.03 Å². The van der Waals surface area contributed by atoms with Crippen molar-refractivity contribution in [1.29, 1.82) is 0 Å². The van der Waals surface area contributed by atoms with Crippen LogP contribution in [0, 0.1) is 0 Å². The van der Waals surface area contributed by atoms with Gasteiger partial charge in [-0.25, -0.2) is 9.78 Å². The molecule has 8 nitrogen and oxygen atoms in total. The molecule has 3 rings (SSSR count). The van der Waals surface area contributed by atoms with Gasteiger partial charge in [0.1, 0.15) is 0 Å². The fourth-order valence-corrected chi connectivity index (χ4v) is 3.45. The summed E-state index contributed by atoms with van der Waals surface area (Å²) >= 11 is 0. The zero-order valence-electron chi connectivity index (χ0n) is 16.7. The molecule has 0 unspecified atom stereocenters. The summed E-state index contributed by atoms with van der Waals surface area (Å²) in [5.41, 5.74) is 1.59. The number of hydrogen-bond donors (Lipinski definition) is 1. The molecule has 1 aliphatic rings. The number of fused-ring (bicyclic) bond motifs is 1. The van der Waals surface area contributed by atoms with Crippen molar-refractivity contribution in [3.05, 3.63) is 34.6 Å². The van der Waals surface area contributed by atoms with Crippen molar-refractivity contribution in [2.24, 2.45) is 0 Å². The summed E-state index contributed by atoms with van der Waals surface area (Å²) in [7, 11) is 0. The fourth-order valence-electron chi connectivity index (χ4n) is 3.45. The molecule has 0 aliphatic carbocycles. The van der Waals surface area contributed by atoms with E-state index < -0.39 is 0 Å². The highest BCUT2D eigenvalue weighted by molar-refractivity contribution is 5.77. The van der Waals surface area contributed by atoms with Gasteiger partial charge in [0, 0.05) is 52.5 Å². The second-order valence-corrected chi connectivity index (χ2v) is 6.73. The predicted octanol–water partition coefficient (Wildman–Crippen LogP) is 1.67. The number of aryl methyl sites for hydroxylation is 1. The van der Waals surface area contributed by atoms with Gasteiger partial charge < -0.3 is 24.4 Å². The van der Waals surface area contributed by atoms with Gasteiger partial charge in [-0.15, -0.1) is 0 Å². The van der Waals surface area contributed by atoms with Crippen LogP contribution in [-0.4, -0.2) is 66.4 Å². The molecule has 0 bridgehead atoms. The molecule has 2 aromatic rings. The topological polar surface area (TPSA) is 79.7 Å². The highest BCUT2D eigenvalue weighted by Crippen LogP contribution is 2.16. The number of rotatable bonds is 7. The van der Waals surface area contributed by atoms with Gasteiger partial charge in [-0.05, 0) is 32.4 Å². The monoisotopic (exact) mass is 387 g/mol. The van der Waals surface area contributed by atoms with E-state index in [0.29, 0.717) is 58.3 Å². The number of aromatic nitrogens is 2. The first-order valence-electron chi connectivity index (χ1n) is 10.0. The number of anilines is 1. The molecule has 1 N–H and O–H groups in total. The average Bonchev–Trinajstić information content (AvgIpc) is 2.73. The van der Waals surface area contributed by atoms with Crippen molar-refractivity contribution in [2.45, 2.75) is 26.8 Å². The quantitative estimate of drug-likeness (QED) is 0.731. The lowest BCUT2D eigenvalue weighted by atomic mass is 10.2. The normalized spacial score (nSPS) is 14.5. The molecular formula is C20H29N5O3. The molecule has 2 heterocycles. The Labute approximate surface area is 165 Å². The second-order valence-electron chi connectivity index (χ2n) is 6.73. The minimum absolute atomic E-state index is 0.0615. The number of urea groups is 1. The number of carbonyl (C=O) groups excluding carboxylic acids is 1. The van der Waals surface area contributed by atoms with Gasteiger partial charge in [0.2, 0.25) is 0 Å². The molecule has 0 atom stereocenters. The third-order valence-electron chi connectivity index (χ3n) is 4.96. The minimum atomic E-state index is -0.0741. The summed E-state index contributed by atoms with van der Waals surface area (Å²) in [6.45, 7) is 8.79. The molecule has 0 spiro atoms. The van der Waals surface area contributed by atoms with Crippen molar-refractivity contribution < 1.29 is 9.53 Å². The van der Waals surface area contributed by atoms with Gasteiger partial charge in [-0.1, -0.05) is 12.1 Å². The highest BCUT2D eigenvalue weighted by Gasteiger charge is 2.24. The van der Waals surface area contributed by atoms with Gasteiger partial charge in [0.15, 0.2) is 5.82 Å². The smallest absolute Gasteiger partial charge is 0.317 e. The lowest BCUT2D eigenvalue weighted by molar-refractivity contribution is 0.143. The highest BCUT2D eigenvalue weighted by atomic mass is 16.5. The Morgan fingerprint density at radius 3 is 2.64 bits per heavy atom. The first kappa shape index (κ1) is 20.1. The van der Waals surface area contributed by atoms with Crippen LogP contribution in [0.1, 0.15) is 20.3 Å². The molecule has 0 radical (unpaired) electrons. The lowest BCUT2D eigenvalue weighted by Crippen LogP contribution is -2.53. The molecule has 0 saturated carbocycles. The van der Waals surface area contributed by atoms with Crippen molar-refractivity contribution in [2.75, 3.05) is 50.8 Å². The second kappa shape index (κ2) is 9.54. The molecule has 8 heteroatoms. The van der Waals surface area contributed by atoms with Crippen LogP contribution in [0.2, 0.25) is 0 Å². The summed E-state index contributed by atoms with van der Waals surface area (Å²) in [6.07, 6.45) is 0.803. The maximum atomic E-state index is 12.9. The number of para-hydroxylation sites is 2. The molecule has 2 amide bonds. The summed E-state index contributed by atoms with van der Waals surface area (Å²) in [5, 5.41) is 2.93. The van der Waals surface area contributed by atoms with Crippen molar-refractivity contribution in [3.63, 3.8) is 0 Å². The van der Waals surface area contributed by atoms with E-state index in [9.17, 15) is 9.59 Å². The number of benzene rings is 1. The number of piperazine rings is 1. The summed E-state index contributed by atoms with van der Waals surface area (Å²) in [5.74, 6) is 0.470. The minimum Gasteiger partial charge on any atom is -0.382 e. The van der Waals surface area contributed by atoms with Crippen LogP contribution < -0.4 is 15.8 Å². The van der Waals surface area contributed by atoms with E-state index in [1.54, 1.807) is 9.47 Å². The first-order valence-corrected chi connectivity index (χ1v) is 10.0. The summed E-state index contributed by atoms with van der Waals surface area (Å²) < 4.78 is 7.03. The van der Waals surface area contributed by atoms with Crippen LogP contribution >= 0.6 is 0 Å². The number of amides is 2. The number of hydrogen-bond acceptors (Lipinski definition) is 5. The van der Waals surface area contributed by atoms with Crippen LogP contribution in [-0.2, 0) is 11.3 Å². The van der Waals surface area contributed by atoms with E-state index in [1.807, 2.05) is 43.0 Å². The molecule has 152 valence electrons. The number of ether oxygens (including phenoxy) is 1. The van der Waals surface area contributed by atoms with E-state index in [1.165, 1.54) is 0 Å². The molecule has 28 heavy (non-hydrogen) atoms. The number of nitrogens with zero attached hydrogens (tertiary/aromatic N) is 4. The maximum Gasteiger partial charge on any atom is 0.317 e. The van der Waals surface area contributed by atoms with Crippen molar-refractivity contribution >= 4 is 22.9 Å². The molecule has 1 aromatic heterocycles. The zero-order chi connectivity index (χ0) is 19.9. The Morgan fingerprint density at radius 2 is 1.93 bits per heavy atom. The Hall–Kier alpha value is -2.61. The average molecular weight is 387 g/mol.